The molecule has 0 atom stereocenters. The molecule has 0 bridgehead atoms. The average molecular weight is 576 g/mol. The molecule has 0 unspecified atom stereocenters. The molecule has 0 spiro atoms. The number of hydrogen-bond acceptors (Lipinski definition) is 5. The molecule has 0 fully saturated rings. The summed E-state index contributed by atoms with van der Waals surface area (Å²) in [5, 5.41) is 5.90. The van der Waals surface area contributed by atoms with Crippen LogP contribution < -0.4 is 11.0 Å². The number of amides is 1. The summed E-state index contributed by atoms with van der Waals surface area (Å²) in [6, 6.07) is 19.6. The second kappa shape index (κ2) is 10.7. The molecule has 4 aromatic rings. The first-order valence-electron chi connectivity index (χ1n) is 10.0. The van der Waals surface area contributed by atoms with Gasteiger partial charge in [0.05, 0.1) is 38.1 Å². The van der Waals surface area contributed by atoms with Crippen molar-refractivity contribution in [3.63, 3.8) is 0 Å². The van der Waals surface area contributed by atoms with Crippen molar-refractivity contribution in [1.29, 1.82) is 0 Å². The third-order valence-corrected chi connectivity index (χ3v) is 7.05. The van der Waals surface area contributed by atoms with Crippen molar-refractivity contribution in [2.45, 2.75) is 12.1 Å². The molecule has 6 nitrogen and oxygen atoms in total. The number of hydrogen-bond donors (Lipinski definition) is 1. The van der Waals surface area contributed by atoms with E-state index in [1.165, 1.54) is 4.57 Å². The van der Waals surface area contributed by atoms with Gasteiger partial charge in [-0.2, -0.15) is 5.10 Å². The molecular formula is C24H17BrCl2N4O2S. The highest BCUT2D eigenvalue weighted by molar-refractivity contribution is 9.10. The molecule has 0 aliphatic rings. The van der Waals surface area contributed by atoms with Gasteiger partial charge < -0.3 is 0 Å². The lowest BCUT2D eigenvalue weighted by molar-refractivity contribution is -0.118. The van der Waals surface area contributed by atoms with E-state index in [-0.39, 0.29) is 17.2 Å². The van der Waals surface area contributed by atoms with E-state index in [1.807, 2.05) is 30.3 Å². The molecule has 1 amide bonds. The molecule has 1 N–H and O–H groups in total. The van der Waals surface area contributed by atoms with Gasteiger partial charge >= 0.3 is 0 Å². The number of aromatic nitrogens is 2. The Morgan fingerprint density at radius 2 is 1.82 bits per heavy atom. The summed E-state index contributed by atoms with van der Waals surface area (Å²) < 4.78 is 2.40. The molecule has 0 saturated heterocycles. The molecule has 0 aliphatic carbocycles. The highest BCUT2D eigenvalue weighted by Crippen LogP contribution is 2.24. The summed E-state index contributed by atoms with van der Waals surface area (Å²) in [5.74, 6) is -0.325. The van der Waals surface area contributed by atoms with Crippen LogP contribution in [0.4, 0.5) is 0 Å². The van der Waals surface area contributed by atoms with E-state index in [1.54, 1.807) is 43.3 Å². The molecule has 172 valence electrons. The molecular weight excluding hydrogens is 559 g/mol. The molecule has 4 rings (SSSR count). The summed E-state index contributed by atoms with van der Waals surface area (Å²) >= 11 is 16.6. The van der Waals surface area contributed by atoms with Crippen LogP contribution in [0.1, 0.15) is 12.5 Å². The Morgan fingerprint density at radius 1 is 1.09 bits per heavy atom. The number of benzene rings is 3. The quantitative estimate of drug-likeness (QED) is 0.131. The zero-order valence-electron chi connectivity index (χ0n) is 17.8. The van der Waals surface area contributed by atoms with E-state index >= 15 is 0 Å². The molecule has 0 radical (unpaired) electrons. The van der Waals surface area contributed by atoms with E-state index in [4.69, 9.17) is 23.2 Å². The first kappa shape index (κ1) is 24.5. The zero-order chi connectivity index (χ0) is 24.2. The number of rotatable bonds is 6. The number of halogens is 3. The summed E-state index contributed by atoms with van der Waals surface area (Å²) in [5.41, 5.74) is 4.87. The predicted octanol–water partition coefficient (Wildman–Crippen LogP) is 6.09. The van der Waals surface area contributed by atoms with E-state index < -0.39 is 0 Å². The second-order valence-corrected chi connectivity index (χ2v) is 9.85. The van der Waals surface area contributed by atoms with Crippen molar-refractivity contribution < 1.29 is 4.79 Å². The SMILES string of the molecule is C/C(=N/NC(=O)CSc1nc2ccccc2c(=O)n1-c1ccc(Br)cc1)c1ccc(Cl)c(Cl)c1. The van der Waals surface area contributed by atoms with E-state index in [0.717, 1.165) is 21.8 Å². The molecule has 0 saturated carbocycles. The van der Waals surface area contributed by atoms with Crippen LogP contribution in [-0.4, -0.2) is 26.9 Å². The standard InChI is InChI=1S/C24H17BrCl2N4O2S/c1-14(15-6-11-19(26)20(27)12-15)29-30-22(32)13-34-24-28-21-5-3-2-4-18(21)23(33)31(24)17-9-7-16(25)8-10-17/h2-12H,13H2,1H3,(H,30,32)/b29-14-. The maximum atomic E-state index is 13.3. The predicted molar refractivity (Wildman–Crippen MR) is 143 cm³/mol. The van der Waals surface area contributed by atoms with Crippen molar-refractivity contribution in [3.8, 4) is 5.69 Å². The number of fused-ring (bicyclic) bond motifs is 1. The smallest absolute Gasteiger partial charge is 0.266 e. The van der Waals surface area contributed by atoms with Gasteiger partial charge in [0.15, 0.2) is 5.16 Å². The van der Waals surface area contributed by atoms with E-state index in [9.17, 15) is 9.59 Å². The third-order valence-electron chi connectivity index (χ3n) is 4.85. The maximum absolute atomic E-state index is 13.3. The molecule has 0 aliphatic heterocycles. The fourth-order valence-corrected chi connectivity index (χ4v) is 4.49. The fourth-order valence-electron chi connectivity index (χ4n) is 3.12. The third kappa shape index (κ3) is 5.52. The Labute approximate surface area is 218 Å². The minimum atomic E-state index is -0.339. The Balaban J connectivity index is 1.57. The van der Waals surface area contributed by atoms with Gasteiger partial charge in [-0.25, -0.2) is 10.4 Å². The summed E-state index contributed by atoms with van der Waals surface area (Å²) in [4.78, 5) is 30.4. The molecule has 3 aromatic carbocycles. The van der Waals surface area contributed by atoms with E-state index in [2.05, 4.69) is 31.4 Å². The average Bonchev–Trinajstić information content (AvgIpc) is 2.84. The van der Waals surface area contributed by atoms with Crippen molar-refractivity contribution in [2.75, 3.05) is 5.75 Å². The van der Waals surface area contributed by atoms with Gasteiger partial charge in [0, 0.05) is 4.47 Å². The number of nitrogens with one attached hydrogen (secondary N) is 1. The summed E-state index contributed by atoms with van der Waals surface area (Å²) in [6.45, 7) is 1.75. The highest BCUT2D eigenvalue weighted by atomic mass is 79.9. The number of thioether (sulfide) groups is 1. The van der Waals surface area contributed by atoms with Crippen LogP contribution in [0.5, 0.6) is 0 Å². The molecule has 10 heteroatoms. The van der Waals surface area contributed by atoms with Gasteiger partial charge in [-0.15, -0.1) is 0 Å². The van der Waals surface area contributed by atoms with Crippen LogP contribution in [0.25, 0.3) is 16.6 Å². The fraction of sp³-hybridized carbons (Fsp3) is 0.0833. The normalized spacial score (nSPS) is 11.6. The lowest BCUT2D eigenvalue weighted by Crippen LogP contribution is -2.24. The minimum absolute atomic E-state index is 0.0134. The van der Waals surface area contributed by atoms with Crippen molar-refractivity contribution in [2.24, 2.45) is 5.10 Å². The number of para-hydroxylation sites is 1. The maximum Gasteiger partial charge on any atom is 0.266 e. The molecule has 1 heterocycles. The van der Waals surface area contributed by atoms with Crippen LogP contribution in [0.15, 0.2) is 86.3 Å². The van der Waals surface area contributed by atoms with Crippen molar-refractivity contribution in [1.82, 2.24) is 15.0 Å². The number of carbonyl (C=O) groups is 1. The van der Waals surface area contributed by atoms with Crippen LogP contribution >= 0.6 is 50.9 Å². The number of nitrogens with zero attached hydrogens (tertiary/aromatic N) is 3. The first-order chi connectivity index (χ1) is 16.3. The van der Waals surface area contributed by atoms with Crippen molar-refractivity contribution >= 4 is 73.4 Å². The van der Waals surface area contributed by atoms with Gasteiger partial charge in [-0.3, -0.25) is 14.2 Å². The lowest BCUT2D eigenvalue weighted by atomic mass is 10.1. The summed E-state index contributed by atoms with van der Waals surface area (Å²) in [6.07, 6.45) is 0. The first-order valence-corrected chi connectivity index (χ1v) is 12.6. The van der Waals surface area contributed by atoms with Crippen molar-refractivity contribution in [3.05, 3.63) is 97.2 Å². The zero-order valence-corrected chi connectivity index (χ0v) is 21.7. The van der Waals surface area contributed by atoms with Crippen LogP contribution in [0.2, 0.25) is 10.0 Å². The van der Waals surface area contributed by atoms with Gasteiger partial charge in [0.2, 0.25) is 0 Å². The Hall–Kier alpha value is -2.65. The monoisotopic (exact) mass is 574 g/mol. The van der Waals surface area contributed by atoms with Gasteiger partial charge in [-0.05, 0) is 61.0 Å². The molecule has 1 aromatic heterocycles. The summed E-state index contributed by atoms with van der Waals surface area (Å²) in [7, 11) is 0. The number of carbonyl (C=O) groups excluding carboxylic acids is 1. The Kier molecular flexibility index (Phi) is 7.73. The highest BCUT2D eigenvalue weighted by Gasteiger charge is 2.15. The minimum Gasteiger partial charge on any atom is -0.272 e. The molecule has 34 heavy (non-hydrogen) atoms. The van der Waals surface area contributed by atoms with Gasteiger partial charge in [0.1, 0.15) is 0 Å². The van der Waals surface area contributed by atoms with E-state index in [0.29, 0.717) is 37.5 Å². The Bertz CT molecular complexity index is 1470. The Morgan fingerprint density at radius 3 is 2.56 bits per heavy atom. The van der Waals surface area contributed by atoms with Gasteiger partial charge in [-0.1, -0.05) is 69.1 Å². The van der Waals surface area contributed by atoms with Crippen LogP contribution in [0, 0.1) is 0 Å². The topological polar surface area (TPSA) is 76.3 Å². The second-order valence-electron chi connectivity index (χ2n) is 7.18. The number of hydrazone groups is 1. The van der Waals surface area contributed by atoms with Crippen LogP contribution in [0.3, 0.4) is 0 Å². The van der Waals surface area contributed by atoms with Crippen LogP contribution in [-0.2, 0) is 4.79 Å². The largest absolute Gasteiger partial charge is 0.272 e. The van der Waals surface area contributed by atoms with Gasteiger partial charge in [0.25, 0.3) is 11.5 Å². The lowest BCUT2D eigenvalue weighted by Gasteiger charge is -2.13.